The van der Waals surface area contributed by atoms with E-state index in [-0.39, 0.29) is 11.4 Å². The Morgan fingerprint density at radius 3 is 2.34 bits per heavy atom. The number of rotatable bonds is 7. The van der Waals surface area contributed by atoms with Crippen LogP contribution >= 0.6 is 0 Å². The second-order valence-corrected chi connectivity index (χ2v) is 8.18. The van der Waals surface area contributed by atoms with Crippen LogP contribution in [0.5, 0.6) is 0 Å². The predicted molar refractivity (Wildman–Crippen MR) is 118 cm³/mol. The minimum Gasteiger partial charge on any atom is -0.478 e. The lowest BCUT2D eigenvalue weighted by atomic mass is 9.77. The molecule has 3 heteroatoms. The van der Waals surface area contributed by atoms with E-state index in [2.05, 4.69) is 19.1 Å². The lowest BCUT2D eigenvalue weighted by Gasteiger charge is -2.28. The van der Waals surface area contributed by atoms with Crippen LogP contribution in [-0.4, -0.2) is 11.1 Å². The van der Waals surface area contributed by atoms with Crippen molar-refractivity contribution in [3.63, 3.8) is 0 Å². The highest BCUT2D eigenvalue weighted by molar-refractivity contribution is 5.96. The first-order valence-corrected chi connectivity index (χ1v) is 10.9. The Bertz CT molecular complexity index is 859. The van der Waals surface area contributed by atoms with Crippen molar-refractivity contribution in [1.82, 2.24) is 0 Å². The minimum atomic E-state index is -0.968. The molecule has 1 aliphatic carbocycles. The lowest BCUT2D eigenvalue weighted by Crippen LogP contribution is -2.13. The molecule has 2 nitrogen and oxygen atoms in total. The molecule has 0 aromatic heterocycles. The quantitative estimate of drug-likeness (QED) is 0.519. The molecule has 1 fully saturated rings. The zero-order chi connectivity index (χ0) is 20.8. The molecule has 1 saturated carbocycles. The summed E-state index contributed by atoms with van der Waals surface area (Å²) in [6.07, 6.45) is 9.49. The fourth-order valence-electron chi connectivity index (χ4n) is 4.49. The number of hydrogen-bond donors (Lipinski definition) is 1. The summed E-state index contributed by atoms with van der Waals surface area (Å²) in [5.74, 6) is 0.301. The molecule has 0 bridgehead atoms. The van der Waals surface area contributed by atoms with E-state index < -0.39 is 5.97 Å². The van der Waals surface area contributed by atoms with Gasteiger partial charge in [0.05, 0.1) is 5.56 Å². The van der Waals surface area contributed by atoms with Crippen molar-refractivity contribution >= 4 is 12.0 Å². The zero-order valence-electron chi connectivity index (χ0n) is 17.5. The van der Waals surface area contributed by atoms with Gasteiger partial charge in [0.25, 0.3) is 0 Å². The third-order valence-electron chi connectivity index (χ3n) is 6.17. The van der Waals surface area contributed by atoms with Gasteiger partial charge >= 0.3 is 5.97 Å². The molecule has 1 aliphatic rings. The van der Waals surface area contributed by atoms with Crippen molar-refractivity contribution in [2.45, 2.75) is 64.7 Å². The molecule has 3 rings (SSSR count). The number of hydrogen-bond acceptors (Lipinski definition) is 1. The van der Waals surface area contributed by atoms with Gasteiger partial charge in [-0.05, 0) is 84.4 Å². The summed E-state index contributed by atoms with van der Waals surface area (Å²) in [6, 6.07) is 13.3. The van der Waals surface area contributed by atoms with Crippen LogP contribution in [0.2, 0.25) is 0 Å². The Labute approximate surface area is 173 Å². The molecule has 0 unspecified atom stereocenters. The minimum absolute atomic E-state index is 0.215. The summed E-state index contributed by atoms with van der Waals surface area (Å²) in [5, 5.41) is 9.58. The number of benzene rings is 2. The summed E-state index contributed by atoms with van der Waals surface area (Å²) in [7, 11) is 0. The highest BCUT2D eigenvalue weighted by Gasteiger charge is 2.22. The first-order chi connectivity index (χ1) is 14.0. The Morgan fingerprint density at radius 2 is 1.76 bits per heavy atom. The first-order valence-electron chi connectivity index (χ1n) is 10.9. The number of carboxylic acid groups (broad SMARTS) is 1. The van der Waals surface area contributed by atoms with Crippen molar-refractivity contribution < 1.29 is 14.3 Å². The Morgan fingerprint density at radius 1 is 1.07 bits per heavy atom. The molecule has 0 aliphatic heterocycles. The van der Waals surface area contributed by atoms with Crippen LogP contribution in [0.3, 0.4) is 0 Å². The molecule has 0 spiro atoms. The van der Waals surface area contributed by atoms with E-state index in [0.717, 1.165) is 11.5 Å². The number of allylic oxidation sites excluding steroid dienone is 1. The lowest BCUT2D eigenvalue weighted by molar-refractivity contribution is 0.0697. The van der Waals surface area contributed by atoms with E-state index in [1.165, 1.54) is 50.2 Å². The average molecular weight is 395 g/mol. The highest BCUT2D eigenvalue weighted by atomic mass is 19.1. The van der Waals surface area contributed by atoms with Crippen LogP contribution in [0.4, 0.5) is 4.39 Å². The number of aromatic carboxylic acids is 1. The fourth-order valence-corrected chi connectivity index (χ4v) is 4.49. The SMILES string of the molecule is CCCC1CCC(c2ccc(-c3cc(/C=C(/F)CC)ccc3C(=O)O)cc2)CC1. The molecule has 0 heterocycles. The van der Waals surface area contributed by atoms with Gasteiger partial charge in [-0.1, -0.05) is 57.0 Å². The molecule has 29 heavy (non-hydrogen) atoms. The molecule has 0 radical (unpaired) electrons. The monoisotopic (exact) mass is 394 g/mol. The Balaban J connectivity index is 1.83. The Hall–Kier alpha value is -2.42. The van der Waals surface area contributed by atoms with Gasteiger partial charge in [-0.2, -0.15) is 0 Å². The first kappa shape index (κ1) is 21.3. The molecular formula is C26H31FO2. The second-order valence-electron chi connectivity index (χ2n) is 8.18. The van der Waals surface area contributed by atoms with Gasteiger partial charge < -0.3 is 5.11 Å². The topological polar surface area (TPSA) is 37.3 Å². The summed E-state index contributed by atoms with van der Waals surface area (Å²) < 4.78 is 13.7. The molecular weight excluding hydrogens is 363 g/mol. The van der Waals surface area contributed by atoms with Gasteiger partial charge in [0.2, 0.25) is 0 Å². The van der Waals surface area contributed by atoms with Crippen LogP contribution in [-0.2, 0) is 0 Å². The van der Waals surface area contributed by atoms with E-state index >= 15 is 0 Å². The van der Waals surface area contributed by atoms with Gasteiger partial charge in [0.15, 0.2) is 0 Å². The summed E-state index contributed by atoms with van der Waals surface area (Å²) in [4.78, 5) is 11.7. The molecule has 0 amide bonds. The van der Waals surface area contributed by atoms with Gasteiger partial charge in [-0.3, -0.25) is 0 Å². The largest absolute Gasteiger partial charge is 0.478 e. The summed E-state index contributed by atoms with van der Waals surface area (Å²) in [5.41, 5.74) is 3.76. The van der Waals surface area contributed by atoms with Crippen LogP contribution in [0.1, 0.15) is 86.2 Å². The fraction of sp³-hybridized carbons (Fsp3) is 0.423. The maximum absolute atomic E-state index is 13.7. The predicted octanol–water partition coefficient (Wildman–Crippen LogP) is 7.85. The number of carboxylic acids is 1. The Kier molecular flexibility index (Phi) is 7.24. The normalized spacial score (nSPS) is 19.9. The van der Waals surface area contributed by atoms with Crippen molar-refractivity contribution in [2.24, 2.45) is 5.92 Å². The van der Waals surface area contributed by atoms with Crippen molar-refractivity contribution in [3.05, 3.63) is 65.0 Å². The van der Waals surface area contributed by atoms with Crippen LogP contribution < -0.4 is 0 Å². The van der Waals surface area contributed by atoms with Crippen LogP contribution in [0, 0.1) is 5.92 Å². The molecule has 0 atom stereocenters. The standard InChI is InChI=1S/C26H31FO2/c1-3-5-18-6-9-20(10-7-18)21-11-13-22(14-12-21)25-17-19(16-23(27)4-2)8-15-24(25)26(28)29/h8,11-18,20H,3-7,9-10H2,1-2H3,(H,28,29)/b23-16+. The highest BCUT2D eigenvalue weighted by Crippen LogP contribution is 2.38. The van der Waals surface area contributed by atoms with Gasteiger partial charge in [-0.25, -0.2) is 9.18 Å². The van der Waals surface area contributed by atoms with Crippen molar-refractivity contribution in [1.29, 1.82) is 0 Å². The van der Waals surface area contributed by atoms with Crippen LogP contribution in [0.25, 0.3) is 17.2 Å². The van der Waals surface area contributed by atoms with E-state index in [1.54, 1.807) is 25.1 Å². The van der Waals surface area contributed by atoms with E-state index in [1.807, 2.05) is 12.1 Å². The smallest absolute Gasteiger partial charge is 0.336 e. The van der Waals surface area contributed by atoms with Crippen molar-refractivity contribution in [3.8, 4) is 11.1 Å². The van der Waals surface area contributed by atoms with E-state index in [0.29, 0.717) is 23.5 Å². The third-order valence-corrected chi connectivity index (χ3v) is 6.17. The van der Waals surface area contributed by atoms with Gasteiger partial charge in [0.1, 0.15) is 5.83 Å². The van der Waals surface area contributed by atoms with Gasteiger partial charge in [0, 0.05) is 0 Å². The summed E-state index contributed by atoms with van der Waals surface area (Å²) in [6.45, 7) is 4.02. The average Bonchev–Trinajstić information content (AvgIpc) is 2.74. The molecule has 2 aromatic rings. The molecule has 0 saturated heterocycles. The third kappa shape index (κ3) is 5.35. The molecule has 1 N–H and O–H groups in total. The molecule has 154 valence electrons. The zero-order valence-corrected chi connectivity index (χ0v) is 17.5. The van der Waals surface area contributed by atoms with Crippen LogP contribution in [0.15, 0.2) is 48.3 Å². The second kappa shape index (κ2) is 9.87. The van der Waals surface area contributed by atoms with Gasteiger partial charge in [-0.15, -0.1) is 0 Å². The maximum Gasteiger partial charge on any atom is 0.336 e. The van der Waals surface area contributed by atoms with Crippen molar-refractivity contribution in [2.75, 3.05) is 0 Å². The number of carbonyl (C=O) groups is 1. The maximum atomic E-state index is 13.7. The molecule has 2 aromatic carbocycles. The van der Waals surface area contributed by atoms with E-state index in [4.69, 9.17) is 0 Å². The van der Waals surface area contributed by atoms with E-state index in [9.17, 15) is 14.3 Å². The summed E-state index contributed by atoms with van der Waals surface area (Å²) >= 11 is 0. The number of halogens is 1.